The summed E-state index contributed by atoms with van der Waals surface area (Å²) < 4.78 is 0. The average molecular weight is 345 g/mol. The Kier molecular flexibility index (Phi) is 7.02. The van der Waals surface area contributed by atoms with Gasteiger partial charge in [-0.25, -0.2) is 0 Å². The number of rotatable bonds is 10. The highest BCUT2D eigenvalue weighted by atomic mass is 14.7. The van der Waals surface area contributed by atoms with Gasteiger partial charge < -0.3 is 0 Å². The van der Waals surface area contributed by atoms with E-state index in [1.165, 1.54) is 38.5 Å². The van der Waals surface area contributed by atoms with Crippen LogP contribution >= 0.6 is 0 Å². The van der Waals surface area contributed by atoms with E-state index in [9.17, 15) is 0 Å². The maximum absolute atomic E-state index is 4.05. The van der Waals surface area contributed by atoms with E-state index in [-0.39, 0.29) is 0 Å². The molecule has 0 heterocycles. The van der Waals surface area contributed by atoms with E-state index >= 15 is 0 Å². The quantitative estimate of drug-likeness (QED) is 0.353. The van der Waals surface area contributed by atoms with Crippen LogP contribution in [0.5, 0.6) is 0 Å². The van der Waals surface area contributed by atoms with Gasteiger partial charge in [-0.2, -0.15) is 0 Å². The normalized spacial score (nSPS) is 37.5. The number of allylic oxidation sites excluding steroid dienone is 3. The van der Waals surface area contributed by atoms with Crippen molar-refractivity contribution in [3.8, 4) is 0 Å². The average Bonchev–Trinajstić information content (AvgIpc) is 3.17. The molecule has 0 N–H and O–H groups in total. The molecule has 0 aromatic heterocycles. The Balaban J connectivity index is 1.79. The Morgan fingerprint density at radius 1 is 1.20 bits per heavy atom. The SMILES string of the molecule is C=CC(C)C1C(C)C1C1(CC)CC(C(C)CCCC(C)=CC(C)C)C1. The molecule has 25 heavy (non-hydrogen) atoms. The smallest absolute Gasteiger partial charge is 0.0231 e. The van der Waals surface area contributed by atoms with Gasteiger partial charge in [0.2, 0.25) is 0 Å². The predicted molar refractivity (Wildman–Crippen MR) is 113 cm³/mol. The van der Waals surface area contributed by atoms with Gasteiger partial charge in [0.25, 0.3) is 0 Å². The van der Waals surface area contributed by atoms with Gasteiger partial charge in [-0.15, -0.1) is 6.58 Å². The van der Waals surface area contributed by atoms with Crippen molar-refractivity contribution in [3.05, 3.63) is 24.3 Å². The third kappa shape index (κ3) is 4.61. The van der Waals surface area contributed by atoms with Crippen LogP contribution in [0.15, 0.2) is 24.3 Å². The van der Waals surface area contributed by atoms with Gasteiger partial charge in [-0.3, -0.25) is 0 Å². The second-order valence-electron chi connectivity index (χ2n) is 10.1. The van der Waals surface area contributed by atoms with Gasteiger partial charge >= 0.3 is 0 Å². The molecule has 2 rings (SSSR count). The molecule has 2 aliphatic rings. The Labute approximate surface area is 158 Å². The van der Waals surface area contributed by atoms with E-state index in [0.717, 1.165) is 29.6 Å². The Morgan fingerprint density at radius 2 is 1.84 bits per heavy atom. The molecule has 0 aliphatic heterocycles. The van der Waals surface area contributed by atoms with Gasteiger partial charge in [0.15, 0.2) is 0 Å². The summed E-state index contributed by atoms with van der Waals surface area (Å²) in [7, 11) is 0. The first-order valence-electron chi connectivity index (χ1n) is 11.1. The van der Waals surface area contributed by atoms with Gasteiger partial charge in [0, 0.05) is 0 Å². The van der Waals surface area contributed by atoms with Crippen molar-refractivity contribution in [3.63, 3.8) is 0 Å². The highest BCUT2D eigenvalue weighted by Gasteiger charge is 2.62. The van der Waals surface area contributed by atoms with Crippen LogP contribution in [0.3, 0.4) is 0 Å². The van der Waals surface area contributed by atoms with Crippen molar-refractivity contribution in [1.82, 2.24) is 0 Å². The zero-order valence-corrected chi connectivity index (χ0v) is 18.1. The van der Waals surface area contributed by atoms with Crippen LogP contribution in [0.25, 0.3) is 0 Å². The van der Waals surface area contributed by atoms with E-state index < -0.39 is 0 Å². The second kappa shape index (κ2) is 8.45. The van der Waals surface area contributed by atoms with E-state index in [1.807, 2.05) is 0 Å². The van der Waals surface area contributed by atoms with Gasteiger partial charge in [-0.05, 0) is 79.4 Å². The first kappa shape index (κ1) is 20.8. The minimum atomic E-state index is 0.674. The molecule has 2 aliphatic carbocycles. The number of hydrogen-bond acceptors (Lipinski definition) is 0. The van der Waals surface area contributed by atoms with Gasteiger partial charge in [0.05, 0.1) is 0 Å². The van der Waals surface area contributed by atoms with Crippen LogP contribution in [0, 0.1) is 46.8 Å². The molecule has 2 fully saturated rings. The Bertz CT molecular complexity index is 462. The van der Waals surface area contributed by atoms with Gasteiger partial charge in [0.1, 0.15) is 0 Å². The molecule has 0 heteroatoms. The minimum Gasteiger partial charge on any atom is -0.103 e. The molecule has 2 saturated carbocycles. The predicted octanol–water partition coefficient (Wildman–Crippen LogP) is 7.91. The second-order valence-corrected chi connectivity index (χ2v) is 10.1. The highest BCUT2D eigenvalue weighted by molar-refractivity contribution is 5.13. The third-order valence-electron chi connectivity index (χ3n) is 7.83. The molecule has 0 aromatic carbocycles. The summed E-state index contributed by atoms with van der Waals surface area (Å²) in [5.74, 6) is 6.12. The molecule has 0 saturated heterocycles. The zero-order valence-electron chi connectivity index (χ0n) is 18.1. The summed E-state index contributed by atoms with van der Waals surface area (Å²) in [6.45, 7) is 20.8. The summed E-state index contributed by atoms with van der Waals surface area (Å²) in [5, 5.41) is 0. The Morgan fingerprint density at radius 3 is 2.36 bits per heavy atom. The molecule has 0 radical (unpaired) electrons. The molecule has 5 unspecified atom stereocenters. The fourth-order valence-corrected chi connectivity index (χ4v) is 6.20. The summed E-state index contributed by atoms with van der Waals surface area (Å²) in [6.07, 6.45) is 13.1. The zero-order chi connectivity index (χ0) is 18.8. The molecule has 144 valence electrons. The van der Waals surface area contributed by atoms with E-state index in [1.54, 1.807) is 5.57 Å². The van der Waals surface area contributed by atoms with Crippen LogP contribution in [0.4, 0.5) is 0 Å². The van der Waals surface area contributed by atoms with Crippen LogP contribution in [-0.2, 0) is 0 Å². The van der Waals surface area contributed by atoms with Crippen molar-refractivity contribution >= 4 is 0 Å². The third-order valence-corrected chi connectivity index (χ3v) is 7.83. The molecular weight excluding hydrogens is 300 g/mol. The summed E-state index contributed by atoms with van der Waals surface area (Å²) in [4.78, 5) is 0. The van der Waals surface area contributed by atoms with Crippen LogP contribution in [0.2, 0.25) is 0 Å². The molecule has 5 atom stereocenters. The maximum atomic E-state index is 4.05. The van der Waals surface area contributed by atoms with Crippen molar-refractivity contribution in [2.45, 2.75) is 87.0 Å². The molecule has 0 spiro atoms. The fraction of sp³-hybridized carbons (Fsp3) is 0.840. The lowest BCUT2D eigenvalue weighted by Crippen LogP contribution is -2.42. The van der Waals surface area contributed by atoms with Crippen molar-refractivity contribution in [1.29, 1.82) is 0 Å². The van der Waals surface area contributed by atoms with Crippen molar-refractivity contribution < 1.29 is 0 Å². The van der Waals surface area contributed by atoms with Crippen LogP contribution < -0.4 is 0 Å². The molecule has 0 nitrogen and oxygen atoms in total. The molecule has 0 amide bonds. The van der Waals surface area contributed by atoms with Crippen molar-refractivity contribution in [2.24, 2.45) is 46.8 Å². The first-order chi connectivity index (χ1) is 11.8. The van der Waals surface area contributed by atoms with Crippen LogP contribution in [0.1, 0.15) is 87.0 Å². The first-order valence-corrected chi connectivity index (χ1v) is 11.1. The van der Waals surface area contributed by atoms with Crippen molar-refractivity contribution in [2.75, 3.05) is 0 Å². The lowest BCUT2D eigenvalue weighted by Gasteiger charge is -2.51. The van der Waals surface area contributed by atoms with E-state index in [2.05, 4.69) is 67.2 Å². The summed E-state index contributed by atoms with van der Waals surface area (Å²) in [6, 6.07) is 0. The molecule has 0 aromatic rings. The largest absolute Gasteiger partial charge is 0.103 e. The standard InChI is InChI=1S/C25H44/c1-9-19(6)23-21(8)24(23)25(10-2)15-22(16-25)20(7)13-11-12-18(5)14-17(3)4/h9,14,17,19-24H,1,10-13,15-16H2,2-8H3. The highest BCUT2D eigenvalue weighted by Crippen LogP contribution is 2.69. The number of hydrogen-bond donors (Lipinski definition) is 0. The van der Waals surface area contributed by atoms with Crippen LogP contribution in [-0.4, -0.2) is 0 Å². The monoisotopic (exact) mass is 344 g/mol. The molecule has 0 bridgehead atoms. The fourth-order valence-electron chi connectivity index (χ4n) is 6.20. The summed E-state index contributed by atoms with van der Waals surface area (Å²) >= 11 is 0. The lowest BCUT2D eigenvalue weighted by atomic mass is 9.54. The lowest BCUT2D eigenvalue weighted by molar-refractivity contribution is -0.0150. The Hall–Kier alpha value is -0.520. The van der Waals surface area contributed by atoms with E-state index in [4.69, 9.17) is 0 Å². The summed E-state index contributed by atoms with van der Waals surface area (Å²) in [5.41, 5.74) is 2.26. The molecular formula is C25H44. The topological polar surface area (TPSA) is 0 Å². The van der Waals surface area contributed by atoms with Gasteiger partial charge in [-0.1, -0.05) is 72.1 Å². The van der Waals surface area contributed by atoms with E-state index in [0.29, 0.717) is 17.3 Å². The maximum Gasteiger partial charge on any atom is -0.0231 e. The minimum absolute atomic E-state index is 0.674.